The van der Waals surface area contributed by atoms with Crippen LogP contribution in [0.4, 0.5) is 0 Å². The number of nitrogens with one attached hydrogen (secondary N) is 2. The van der Waals surface area contributed by atoms with Gasteiger partial charge < -0.3 is 15.2 Å². The van der Waals surface area contributed by atoms with Gasteiger partial charge in [0, 0.05) is 18.4 Å². The predicted molar refractivity (Wildman–Crippen MR) is 70.7 cm³/mol. The lowest BCUT2D eigenvalue weighted by Crippen LogP contribution is -2.41. The van der Waals surface area contributed by atoms with E-state index in [-0.39, 0.29) is 17.4 Å². The van der Waals surface area contributed by atoms with Gasteiger partial charge in [0.15, 0.2) is 5.82 Å². The molecule has 0 aromatic carbocycles. The lowest BCUT2D eigenvalue weighted by molar-refractivity contribution is -0.122. The van der Waals surface area contributed by atoms with Crippen LogP contribution in [0.5, 0.6) is 0 Å². The third kappa shape index (κ3) is 3.76. The van der Waals surface area contributed by atoms with Gasteiger partial charge >= 0.3 is 0 Å². The van der Waals surface area contributed by atoms with Gasteiger partial charge in [-0.15, -0.1) is 0 Å². The molecule has 1 atom stereocenters. The summed E-state index contributed by atoms with van der Waals surface area (Å²) in [7, 11) is 0. The average Bonchev–Trinajstić information content (AvgIpc) is 2.99. The highest BCUT2D eigenvalue weighted by Gasteiger charge is 2.22. The molecular weight excluding hydrogens is 244 g/mol. The molecule has 1 unspecified atom stereocenters. The number of hydrogen-bond acceptors (Lipinski definition) is 5. The number of carbonyl (C=O) groups excluding carboxylic acids is 1. The molecule has 19 heavy (non-hydrogen) atoms. The minimum Gasteiger partial charge on any atom is -0.354 e. The summed E-state index contributed by atoms with van der Waals surface area (Å²) < 4.78 is 5.17. The van der Waals surface area contributed by atoms with Crippen molar-refractivity contribution in [1.29, 1.82) is 0 Å². The van der Waals surface area contributed by atoms with Gasteiger partial charge in [-0.2, -0.15) is 4.98 Å². The van der Waals surface area contributed by atoms with E-state index in [0.717, 1.165) is 19.4 Å². The maximum atomic E-state index is 11.8. The van der Waals surface area contributed by atoms with Crippen LogP contribution >= 0.6 is 0 Å². The second kappa shape index (κ2) is 5.69. The van der Waals surface area contributed by atoms with Crippen molar-refractivity contribution >= 4 is 5.91 Å². The van der Waals surface area contributed by atoms with Crippen LogP contribution in [0.1, 0.15) is 45.3 Å². The van der Waals surface area contributed by atoms with Crippen LogP contribution < -0.4 is 10.6 Å². The molecule has 0 aliphatic carbocycles. The number of nitrogens with zero attached hydrogens (tertiary/aromatic N) is 2. The average molecular weight is 266 g/mol. The molecule has 0 saturated carbocycles. The molecule has 6 nitrogen and oxygen atoms in total. The fourth-order valence-corrected chi connectivity index (χ4v) is 1.99. The summed E-state index contributed by atoms with van der Waals surface area (Å²) in [5.74, 6) is 1.34. The molecule has 1 saturated heterocycles. The number of carbonyl (C=O) groups is 1. The number of aromatic nitrogens is 2. The SMILES string of the molecule is CC(C)(C)c1noc(CCNC(=O)C2CCCN2)n1. The minimum atomic E-state index is -0.112. The molecule has 6 heteroatoms. The summed E-state index contributed by atoms with van der Waals surface area (Å²) in [6.45, 7) is 7.57. The summed E-state index contributed by atoms with van der Waals surface area (Å²) in [4.78, 5) is 16.1. The molecule has 1 amide bonds. The first-order valence-electron chi connectivity index (χ1n) is 6.81. The molecule has 0 bridgehead atoms. The molecule has 2 N–H and O–H groups in total. The van der Waals surface area contributed by atoms with E-state index in [2.05, 4.69) is 20.8 Å². The van der Waals surface area contributed by atoms with Gasteiger partial charge in [0.2, 0.25) is 11.8 Å². The van der Waals surface area contributed by atoms with Crippen molar-refractivity contribution < 1.29 is 9.32 Å². The van der Waals surface area contributed by atoms with Crippen molar-refractivity contribution in [2.24, 2.45) is 0 Å². The van der Waals surface area contributed by atoms with Crippen molar-refractivity contribution in [2.75, 3.05) is 13.1 Å². The lowest BCUT2D eigenvalue weighted by atomic mass is 9.96. The molecule has 0 spiro atoms. The fourth-order valence-electron chi connectivity index (χ4n) is 1.99. The van der Waals surface area contributed by atoms with Crippen LogP contribution in [0.15, 0.2) is 4.52 Å². The van der Waals surface area contributed by atoms with E-state index >= 15 is 0 Å². The van der Waals surface area contributed by atoms with E-state index in [1.54, 1.807) is 0 Å². The summed E-state index contributed by atoms with van der Waals surface area (Å²) in [6, 6.07) is -0.0344. The topological polar surface area (TPSA) is 80.0 Å². The van der Waals surface area contributed by atoms with Gasteiger partial charge in [-0.05, 0) is 19.4 Å². The molecule has 2 heterocycles. The Morgan fingerprint density at radius 2 is 2.32 bits per heavy atom. The molecule has 1 aromatic rings. The van der Waals surface area contributed by atoms with E-state index in [0.29, 0.717) is 24.7 Å². The van der Waals surface area contributed by atoms with Gasteiger partial charge in [-0.25, -0.2) is 0 Å². The van der Waals surface area contributed by atoms with E-state index < -0.39 is 0 Å². The van der Waals surface area contributed by atoms with Crippen molar-refractivity contribution in [3.8, 4) is 0 Å². The Morgan fingerprint density at radius 3 is 2.89 bits per heavy atom. The largest absolute Gasteiger partial charge is 0.354 e. The Morgan fingerprint density at radius 1 is 1.53 bits per heavy atom. The first-order valence-corrected chi connectivity index (χ1v) is 6.81. The zero-order chi connectivity index (χ0) is 13.9. The summed E-state index contributed by atoms with van der Waals surface area (Å²) in [5, 5.41) is 10.0. The van der Waals surface area contributed by atoms with Crippen LogP contribution in [-0.2, 0) is 16.6 Å². The van der Waals surface area contributed by atoms with Gasteiger partial charge in [-0.3, -0.25) is 4.79 Å². The number of hydrogen-bond donors (Lipinski definition) is 2. The maximum Gasteiger partial charge on any atom is 0.237 e. The highest BCUT2D eigenvalue weighted by molar-refractivity contribution is 5.81. The molecule has 1 aromatic heterocycles. The molecular formula is C13H22N4O2. The summed E-state index contributed by atoms with van der Waals surface area (Å²) in [6.07, 6.45) is 2.55. The molecule has 1 aliphatic rings. The molecule has 1 fully saturated rings. The first-order chi connectivity index (χ1) is 8.97. The van der Waals surface area contributed by atoms with Crippen molar-refractivity contribution in [2.45, 2.75) is 51.5 Å². The molecule has 0 radical (unpaired) electrons. The number of rotatable bonds is 4. The quantitative estimate of drug-likeness (QED) is 0.841. The third-order valence-corrected chi connectivity index (χ3v) is 3.15. The molecule has 1 aliphatic heterocycles. The number of amides is 1. The predicted octanol–water partition coefficient (Wildman–Crippen LogP) is 0.778. The van der Waals surface area contributed by atoms with Crippen LogP contribution in [0.25, 0.3) is 0 Å². The Hall–Kier alpha value is -1.43. The second-order valence-electron chi connectivity index (χ2n) is 5.95. The van der Waals surface area contributed by atoms with Crippen molar-refractivity contribution in [3.05, 3.63) is 11.7 Å². The third-order valence-electron chi connectivity index (χ3n) is 3.15. The van der Waals surface area contributed by atoms with Crippen LogP contribution in [0, 0.1) is 0 Å². The normalized spacial score (nSPS) is 19.6. The van der Waals surface area contributed by atoms with Gasteiger partial charge in [-0.1, -0.05) is 25.9 Å². The molecule has 106 valence electrons. The first kappa shape index (κ1) is 14.0. The second-order valence-corrected chi connectivity index (χ2v) is 5.95. The van der Waals surface area contributed by atoms with E-state index in [1.807, 2.05) is 20.8 Å². The monoisotopic (exact) mass is 266 g/mol. The van der Waals surface area contributed by atoms with Crippen molar-refractivity contribution in [3.63, 3.8) is 0 Å². The van der Waals surface area contributed by atoms with Crippen LogP contribution in [0.2, 0.25) is 0 Å². The van der Waals surface area contributed by atoms with E-state index in [9.17, 15) is 4.79 Å². The standard InChI is InChI=1S/C13H22N4O2/c1-13(2,3)12-16-10(19-17-12)6-8-15-11(18)9-5-4-7-14-9/h9,14H,4-8H2,1-3H3,(H,15,18). The summed E-state index contributed by atoms with van der Waals surface area (Å²) in [5.41, 5.74) is -0.112. The minimum absolute atomic E-state index is 0.0344. The van der Waals surface area contributed by atoms with E-state index in [4.69, 9.17) is 4.52 Å². The van der Waals surface area contributed by atoms with E-state index in [1.165, 1.54) is 0 Å². The fraction of sp³-hybridized carbons (Fsp3) is 0.769. The van der Waals surface area contributed by atoms with Crippen molar-refractivity contribution in [1.82, 2.24) is 20.8 Å². The van der Waals surface area contributed by atoms with Crippen LogP contribution in [0.3, 0.4) is 0 Å². The van der Waals surface area contributed by atoms with Crippen LogP contribution in [-0.4, -0.2) is 35.2 Å². The van der Waals surface area contributed by atoms with Gasteiger partial charge in [0.25, 0.3) is 0 Å². The highest BCUT2D eigenvalue weighted by Crippen LogP contribution is 2.18. The maximum absolute atomic E-state index is 11.8. The zero-order valence-electron chi connectivity index (χ0n) is 11.8. The Labute approximate surface area is 113 Å². The Kier molecular flexibility index (Phi) is 4.19. The molecule has 2 rings (SSSR count). The highest BCUT2D eigenvalue weighted by atomic mass is 16.5. The van der Waals surface area contributed by atoms with Gasteiger partial charge in [0.1, 0.15) is 0 Å². The lowest BCUT2D eigenvalue weighted by Gasteiger charge is -2.11. The summed E-state index contributed by atoms with van der Waals surface area (Å²) >= 11 is 0. The Balaban J connectivity index is 1.76. The smallest absolute Gasteiger partial charge is 0.237 e. The Bertz CT molecular complexity index is 430. The zero-order valence-corrected chi connectivity index (χ0v) is 11.8. The van der Waals surface area contributed by atoms with Gasteiger partial charge in [0.05, 0.1) is 6.04 Å².